The highest BCUT2D eigenvalue weighted by molar-refractivity contribution is 8.00. The molecule has 1 aliphatic rings. The molecule has 0 spiro atoms. The first kappa shape index (κ1) is 10.4. The predicted molar refractivity (Wildman–Crippen MR) is 54.7 cm³/mol. The fraction of sp³-hybridized carbons (Fsp3) is 1.00. The van der Waals surface area contributed by atoms with Gasteiger partial charge in [0.05, 0.1) is 6.10 Å². The van der Waals surface area contributed by atoms with Crippen LogP contribution in [0, 0.1) is 0 Å². The van der Waals surface area contributed by atoms with Gasteiger partial charge in [-0.25, -0.2) is 0 Å². The second-order valence-electron chi connectivity index (χ2n) is 3.51. The van der Waals surface area contributed by atoms with Crippen molar-refractivity contribution < 1.29 is 5.11 Å². The number of aliphatic hydroxyl groups is 1. The van der Waals surface area contributed by atoms with E-state index in [-0.39, 0.29) is 6.10 Å². The maximum atomic E-state index is 9.22. The minimum absolute atomic E-state index is 0.175. The average Bonchev–Trinajstić information content (AvgIpc) is 2.03. The van der Waals surface area contributed by atoms with Gasteiger partial charge in [0.25, 0.3) is 0 Å². The molecule has 0 aliphatic carbocycles. The quantitative estimate of drug-likeness (QED) is 0.721. The highest BCUT2D eigenvalue weighted by Crippen LogP contribution is 2.20. The van der Waals surface area contributed by atoms with Gasteiger partial charge in [-0.1, -0.05) is 6.92 Å². The molecule has 0 radical (unpaired) electrons. The molecule has 3 heteroatoms. The van der Waals surface area contributed by atoms with Gasteiger partial charge in [-0.15, -0.1) is 0 Å². The molecule has 2 nitrogen and oxygen atoms in total. The van der Waals surface area contributed by atoms with E-state index in [2.05, 4.69) is 23.6 Å². The Hall–Kier alpha value is 0.270. The molecule has 0 amide bonds. The minimum atomic E-state index is -0.175. The minimum Gasteiger partial charge on any atom is -0.392 e. The zero-order valence-corrected chi connectivity index (χ0v) is 8.81. The van der Waals surface area contributed by atoms with Gasteiger partial charge in [0.15, 0.2) is 0 Å². The number of aliphatic hydroxyl groups excluding tert-OH is 1. The number of β-amino-alcohol motifs (C(OH)–C–C–N with tert-alkyl or cyclic N) is 1. The summed E-state index contributed by atoms with van der Waals surface area (Å²) in [5, 5.41) is 10.0. The summed E-state index contributed by atoms with van der Waals surface area (Å²) < 4.78 is 0. The highest BCUT2D eigenvalue weighted by atomic mass is 32.2. The molecule has 1 aliphatic heterocycles. The van der Waals surface area contributed by atoms with E-state index in [0.717, 1.165) is 24.9 Å². The van der Waals surface area contributed by atoms with Crippen LogP contribution in [0.2, 0.25) is 0 Å². The van der Waals surface area contributed by atoms with Crippen molar-refractivity contribution in [2.45, 2.75) is 31.6 Å². The summed E-state index contributed by atoms with van der Waals surface area (Å²) in [6.45, 7) is 7.25. The van der Waals surface area contributed by atoms with E-state index < -0.39 is 0 Å². The summed E-state index contributed by atoms with van der Waals surface area (Å²) in [4.78, 5) is 2.37. The van der Waals surface area contributed by atoms with Gasteiger partial charge in [-0.3, -0.25) is 4.90 Å². The van der Waals surface area contributed by atoms with Gasteiger partial charge in [0.2, 0.25) is 0 Å². The molecule has 72 valence electrons. The highest BCUT2D eigenvalue weighted by Gasteiger charge is 2.19. The molecular weight excluding hydrogens is 170 g/mol. The van der Waals surface area contributed by atoms with E-state index in [9.17, 15) is 5.11 Å². The van der Waals surface area contributed by atoms with Crippen molar-refractivity contribution in [1.29, 1.82) is 0 Å². The van der Waals surface area contributed by atoms with E-state index in [1.165, 1.54) is 12.2 Å². The lowest BCUT2D eigenvalue weighted by molar-refractivity contribution is 0.128. The molecule has 1 fully saturated rings. The third kappa shape index (κ3) is 3.33. The zero-order chi connectivity index (χ0) is 8.97. The van der Waals surface area contributed by atoms with Crippen LogP contribution in [-0.2, 0) is 0 Å². The monoisotopic (exact) mass is 189 g/mol. The summed E-state index contributed by atoms with van der Waals surface area (Å²) in [7, 11) is 0. The Morgan fingerprint density at radius 3 is 3.00 bits per heavy atom. The Morgan fingerprint density at radius 1 is 1.67 bits per heavy atom. The van der Waals surface area contributed by atoms with E-state index in [0.29, 0.717) is 0 Å². The van der Waals surface area contributed by atoms with E-state index in [1.54, 1.807) is 0 Å². The Kier molecular flexibility index (Phi) is 4.40. The number of nitrogens with zero attached hydrogens (tertiary/aromatic N) is 1. The van der Waals surface area contributed by atoms with Crippen molar-refractivity contribution in [3.63, 3.8) is 0 Å². The molecule has 1 unspecified atom stereocenters. The van der Waals surface area contributed by atoms with E-state index in [1.807, 2.05) is 6.92 Å². The van der Waals surface area contributed by atoms with Crippen LogP contribution in [0.15, 0.2) is 0 Å². The Bertz CT molecular complexity index is 130. The zero-order valence-electron chi connectivity index (χ0n) is 7.99. The summed E-state index contributed by atoms with van der Waals surface area (Å²) in [6.07, 6.45) is 1.08. The lowest BCUT2D eigenvalue weighted by Gasteiger charge is -2.32. The van der Waals surface area contributed by atoms with Gasteiger partial charge in [-0.2, -0.15) is 11.8 Å². The van der Waals surface area contributed by atoms with Gasteiger partial charge in [-0.05, 0) is 13.3 Å². The predicted octanol–water partition coefficient (Wildman–Crippen LogP) is 1.19. The standard InChI is InChI=1S/C9H19NOS/c1-3-9-7-10(4-5-12-9)6-8(2)11/h8-9,11H,3-7H2,1-2H3/t8-,9?/m0/s1. The number of thioether (sulfide) groups is 1. The van der Waals surface area contributed by atoms with Crippen molar-refractivity contribution in [3.8, 4) is 0 Å². The molecule has 0 saturated carbocycles. The molecule has 1 saturated heterocycles. The van der Waals surface area contributed by atoms with Crippen LogP contribution in [-0.4, -0.2) is 46.7 Å². The van der Waals surface area contributed by atoms with E-state index in [4.69, 9.17) is 0 Å². The Labute approximate surface area is 79.3 Å². The molecule has 0 aromatic heterocycles. The van der Waals surface area contributed by atoms with Crippen LogP contribution in [0.3, 0.4) is 0 Å². The topological polar surface area (TPSA) is 23.5 Å². The number of rotatable bonds is 3. The van der Waals surface area contributed by atoms with Crippen LogP contribution >= 0.6 is 11.8 Å². The first-order valence-corrected chi connectivity index (χ1v) is 5.79. The van der Waals surface area contributed by atoms with Crippen LogP contribution in [0.25, 0.3) is 0 Å². The fourth-order valence-electron chi connectivity index (χ4n) is 1.57. The molecule has 12 heavy (non-hydrogen) atoms. The normalized spacial score (nSPS) is 28.8. The molecule has 0 aromatic carbocycles. The lowest BCUT2D eigenvalue weighted by atomic mass is 10.2. The average molecular weight is 189 g/mol. The smallest absolute Gasteiger partial charge is 0.0639 e. The van der Waals surface area contributed by atoms with Crippen LogP contribution in [0.5, 0.6) is 0 Å². The van der Waals surface area contributed by atoms with Crippen molar-refractivity contribution in [3.05, 3.63) is 0 Å². The van der Waals surface area contributed by atoms with Crippen molar-refractivity contribution in [2.24, 2.45) is 0 Å². The maximum Gasteiger partial charge on any atom is 0.0639 e. The van der Waals surface area contributed by atoms with Crippen LogP contribution in [0.1, 0.15) is 20.3 Å². The van der Waals surface area contributed by atoms with Gasteiger partial charge in [0, 0.05) is 30.6 Å². The van der Waals surface area contributed by atoms with Gasteiger partial charge < -0.3 is 5.11 Å². The first-order valence-electron chi connectivity index (χ1n) is 4.74. The number of hydrogen-bond donors (Lipinski definition) is 1. The van der Waals surface area contributed by atoms with Crippen LogP contribution in [0.4, 0.5) is 0 Å². The van der Waals surface area contributed by atoms with Crippen molar-refractivity contribution >= 4 is 11.8 Å². The van der Waals surface area contributed by atoms with Crippen LogP contribution < -0.4 is 0 Å². The third-order valence-corrected chi connectivity index (χ3v) is 3.57. The molecule has 1 heterocycles. The number of hydrogen-bond acceptors (Lipinski definition) is 3. The van der Waals surface area contributed by atoms with Crippen molar-refractivity contribution in [1.82, 2.24) is 4.90 Å². The molecule has 0 aromatic rings. The summed E-state index contributed by atoms with van der Waals surface area (Å²) in [5.74, 6) is 1.23. The Morgan fingerprint density at radius 2 is 2.42 bits per heavy atom. The Balaban J connectivity index is 2.25. The van der Waals surface area contributed by atoms with Crippen molar-refractivity contribution in [2.75, 3.05) is 25.4 Å². The van der Waals surface area contributed by atoms with Gasteiger partial charge in [0.1, 0.15) is 0 Å². The largest absolute Gasteiger partial charge is 0.392 e. The summed E-state index contributed by atoms with van der Waals surface area (Å²) in [6, 6.07) is 0. The first-order chi connectivity index (χ1) is 5.72. The fourth-order valence-corrected chi connectivity index (χ4v) is 2.82. The molecular formula is C9H19NOS. The maximum absolute atomic E-state index is 9.22. The van der Waals surface area contributed by atoms with Gasteiger partial charge >= 0.3 is 0 Å². The molecule has 0 bridgehead atoms. The lowest BCUT2D eigenvalue weighted by Crippen LogP contribution is -2.41. The molecule has 2 atom stereocenters. The second kappa shape index (κ2) is 5.10. The SMILES string of the molecule is CCC1CN(C[C@H](C)O)CCS1. The molecule has 1 rings (SSSR count). The van der Waals surface area contributed by atoms with E-state index >= 15 is 0 Å². The molecule has 1 N–H and O–H groups in total. The summed E-state index contributed by atoms with van der Waals surface area (Å²) in [5.41, 5.74) is 0. The third-order valence-electron chi connectivity index (χ3n) is 2.20. The second-order valence-corrected chi connectivity index (χ2v) is 4.92. The summed E-state index contributed by atoms with van der Waals surface area (Å²) >= 11 is 2.07.